The van der Waals surface area contributed by atoms with Crippen molar-refractivity contribution in [1.82, 2.24) is 15.1 Å². The fourth-order valence-corrected chi connectivity index (χ4v) is 3.45. The van der Waals surface area contributed by atoms with Gasteiger partial charge in [-0.3, -0.25) is 24.6 Å². The average Bonchev–Trinajstić information content (AvgIpc) is 2.97. The van der Waals surface area contributed by atoms with Gasteiger partial charge in [0.2, 0.25) is 22.9 Å². The Hall–Kier alpha value is -1.48. The molecule has 1 fully saturated rings. The fourth-order valence-electron chi connectivity index (χ4n) is 1.80. The molecule has 0 unspecified atom stereocenters. The van der Waals surface area contributed by atoms with Crippen molar-refractivity contribution in [2.24, 2.45) is 0 Å². The maximum Gasteiger partial charge on any atom is 0.249 e. The molecule has 0 bridgehead atoms. The zero-order valence-corrected chi connectivity index (χ0v) is 12.7. The highest BCUT2D eigenvalue weighted by Gasteiger charge is 2.36. The number of anilines is 1. The number of carbonyl (C=O) groups excluding carboxylic acids is 3. The second-order valence-electron chi connectivity index (χ2n) is 4.13. The monoisotopic (exact) mass is 314 g/mol. The second-order valence-corrected chi connectivity index (χ2v) is 6.62. The minimum absolute atomic E-state index is 0.173. The summed E-state index contributed by atoms with van der Waals surface area (Å²) in [6.45, 7) is 3.52. The van der Waals surface area contributed by atoms with Crippen LogP contribution in [0.4, 0.5) is 5.13 Å². The van der Waals surface area contributed by atoms with Crippen LogP contribution < -0.4 is 5.32 Å². The van der Waals surface area contributed by atoms with E-state index in [4.69, 9.17) is 0 Å². The number of amides is 3. The third-order valence-corrected chi connectivity index (χ3v) is 4.62. The maximum absolute atomic E-state index is 12.0. The average molecular weight is 314 g/mol. The van der Waals surface area contributed by atoms with Crippen LogP contribution in [0.1, 0.15) is 26.7 Å². The topological polar surface area (TPSA) is 92.3 Å². The molecule has 1 N–H and O–H groups in total. The molecule has 1 aliphatic heterocycles. The SMILES string of the molecule is CCSc1nnc(NC(=O)[C@H](C)N2C(=O)CCC2=O)s1. The molecule has 0 aliphatic carbocycles. The lowest BCUT2D eigenvalue weighted by Crippen LogP contribution is -2.44. The van der Waals surface area contributed by atoms with E-state index in [-0.39, 0.29) is 24.7 Å². The van der Waals surface area contributed by atoms with Crippen LogP contribution in [-0.4, -0.2) is 44.6 Å². The number of aromatic nitrogens is 2. The van der Waals surface area contributed by atoms with Crippen molar-refractivity contribution >= 4 is 46.0 Å². The molecule has 1 saturated heterocycles. The van der Waals surface area contributed by atoms with Crippen LogP contribution in [0.25, 0.3) is 0 Å². The lowest BCUT2D eigenvalue weighted by Gasteiger charge is -2.20. The van der Waals surface area contributed by atoms with Gasteiger partial charge >= 0.3 is 0 Å². The first-order valence-corrected chi connectivity index (χ1v) is 7.95. The van der Waals surface area contributed by atoms with E-state index >= 15 is 0 Å². The Morgan fingerprint density at radius 2 is 2.05 bits per heavy atom. The van der Waals surface area contributed by atoms with E-state index in [2.05, 4.69) is 15.5 Å². The number of likely N-dealkylation sites (tertiary alicyclic amines) is 1. The number of imide groups is 1. The molecule has 3 amide bonds. The number of thioether (sulfide) groups is 1. The molecule has 0 radical (unpaired) electrons. The normalized spacial score (nSPS) is 16.6. The molecular weight excluding hydrogens is 300 g/mol. The van der Waals surface area contributed by atoms with Crippen LogP contribution in [0.2, 0.25) is 0 Å². The van der Waals surface area contributed by atoms with Crippen LogP contribution in [-0.2, 0) is 14.4 Å². The molecular formula is C11H14N4O3S2. The molecule has 1 atom stereocenters. The Kier molecular flexibility index (Phi) is 4.71. The van der Waals surface area contributed by atoms with E-state index < -0.39 is 11.9 Å². The van der Waals surface area contributed by atoms with E-state index in [9.17, 15) is 14.4 Å². The molecule has 1 aromatic heterocycles. The van der Waals surface area contributed by atoms with Gasteiger partial charge in [-0.15, -0.1) is 10.2 Å². The van der Waals surface area contributed by atoms with Gasteiger partial charge < -0.3 is 0 Å². The van der Waals surface area contributed by atoms with Crippen molar-refractivity contribution in [1.29, 1.82) is 0 Å². The number of carbonyl (C=O) groups is 3. The quantitative estimate of drug-likeness (QED) is 0.497. The van der Waals surface area contributed by atoms with Gasteiger partial charge in [0.05, 0.1) is 0 Å². The summed E-state index contributed by atoms with van der Waals surface area (Å²) in [6, 6.07) is -0.830. The van der Waals surface area contributed by atoms with Crippen molar-refractivity contribution in [3.63, 3.8) is 0 Å². The molecule has 7 nitrogen and oxygen atoms in total. The Morgan fingerprint density at radius 3 is 2.65 bits per heavy atom. The van der Waals surface area contributed by atoms with Gasteiger partial charge in [-0.1, -0.05) is 30.0 Å². The maximum atomic E-state index is 12.0. The first-order valence-electron chi connectivity index (χ1n) is 6.15. The van der Waals surface area contributed by atoms with Crippen LogP contribution >= 0.6 is 23.1 Å². The van der Waals surface area contributed by atoms with E-state index in [0.717, 1.165) is 15.0 Å². The van der Waals surface area contributed by atoms with Crippen molar-refractivity contribution in [3.8, 4) is 0 Å². The first kappa shape index (κ1) is 14.9. The fraction of sp³-hybridized carbons (Fsp3) is 0.545. The van der Waals surface area contributed by atoms with Gasteiger partial charge in [0, 0.05) is 12.8 Å². The van der Waals surface area contributed by atoms with Gasteiger partial charge in [0.25, 0.3) is 0 Å². The standard InChI is InChI=1S/C11H14N4O3S2/c1-3-19-11-14-13-10(20-11)12-9(18)6(2)15-7(16)4-5-8(15)17/h6H,3-5H2,1-2H3,(H,12,13,18)/t6-/m0/s1. The smallest absolute Gasteiger partial charge is 0.249 e. The molecule has 2 rings (SSSR count). The van der Waals surface area contributed by atoms with Crippen molar-refractivity contribution in [2.75, 3.05) is 11.1 Å². The molecule has 9 heteroatoms. The van der Waals surface area contributed by atoms with Crippen LogP contribution in [0.5, 0.6) is 0 Å². The predicted octanol–water partition coefficient (Wildman–Crippen LogP) is 1.13. The highest BCUT2D eigenvalue weighted by molar-refractivity contribution is 8.01. The zero-order chi connectivity index (χ0) is 14.7. The van der Waals surface area contributed by atoms with Crippen LogP contribution in [0.15, 0.2) is 4.34 Å². The third kappa shape index (κ3) is 3.15. The minimum atomic E-state index is -0.830. The van der Waals surface area contributed by atoms with Crippen molar-refractivity contribution in [3.05, 3.63) is 0 Å². The molecule has 108 valence electrons. The highest BCUT2D eigenvalue weighted by Crippen LogP contribution is 2.25. The van der Waals surface area contributed by atoms with Crippen molar-refractivity contribution < 1.29 is 14.4 Å². The summed E-state index contributed by atoms with van der Waals surface area (Å²) in [7, 11) is 0. The van der Waals surface area contributed by atoms with E-state index in [0.29, 0.717) is 5.13 Å². The van der Waals surface area contributed by atoms with Crippen LogP contribution in [0, 0.1) is 0 Å². The first-order chi connectivity index (χ1) is 9.52. The highest BCUT2D eigenvalue weighted by atomic mass is 32.2. The predicted molar refractivity (Wildman–Crippen MR) is 75.5 cm³/mol. The Labute approximate surface area is 124 Å². The minimum Gasteiger partial charge on any atom is -0.299 e. The summed E-state index contributed by atoms with van der Waals surface area (Å²) in [5.74, 6) is -0.178. The third-order valence-electron chi connectivity index (χ3n) is 2.76. The van der Waals surface area contributed by atoms with Gasteiger partial charge in [-0.25, -0.2) is 0 Å². The van der Waals surface area contributed by atoms with Crippen LogP contribution in [0.3, 0.4) is 0 Å². The van der Waals surface area contributed by atoms with E-state index in [1.54, 1.807) is 0 Å². The van der Waals surface area contributed by atoms with Gasteiger partial charge in [0.15, 0.2) is 4.34 Å². The van der Waals surface area contributed by atoms with Gasteiger partial charge in [-0.2, -0.15) is 0 Å². The summed E-state index contributed by atoms with van der Waals surface area (Å²) in [6.07, 6.45) is 0.346. The molecule has 0 spiro atoms. The lowest BCUT2D eigenvalue weighted by atomic mass is 10.3. The van der Waals surface area contributed by atoms with E-state index in [1.165, 1.54) is 30.0 Å². The number of hydrogen-bond donors (Lipinski definition) is 1. The Bertz CT molecular complexity index is 530. The van der Waals surface area contributed by atoms with Crippen molar-refractivity contribution in [2.45, 2.75) is 37.1 Å². The van der Waals surface area contributed by atoms with Gasteiger partial charge in [0.1, 0.15) is 6.04 Å². The molecule has 2 heterocycles. The largest absolute Gasteiger partial charge is 0.299 e. The summed E-state index contributed by atoms with van der Waals surface area (Å²) in [5, 5.41) is 10.7. The summed E-state index contributed by atoms with van der Waals surface area (Å²) in [4.78, 5) is 36.2. The number of rotatable bonds is 5. The number of nitrogens with one attached hydrogen (secondary N) is 1. The summed E-state index contributed by atoms with van der Waals surface area (Å²) >= 11 is 2.80. The Balaban J connectivity index is 2.00. The summed E-state index contributed by atoms with van der Waals surface area (Å²) < 4.78 is 0.767. The second kappa shape index (κ2) is 6.31. The number of nitrogens with zero attached hydrogens (tertiary/aromatic N) is 3. The molecule has 1 aromatic rings. The molecule has 1 aliphatic rings. The molecule has 0 saturated carbocycles. The number of hydrogen-bond acceptors (Lipinski definition) is 7. The molecule has 20 heavy (non-hydrogen) atoms. The zero-order valence-electron chi connectivity index (χ0n) is 11.1. The van der Waals surface area contributed by atoms with E-state index in [1.807, 2.05) is 6.92 Å². The lowest BCUT2D eigenvalue weighted by molar-refractivity contribution is -0.144. The Morgan fingerprint density at radius 1 is 1.40 bits per heavy atom. The molecule has 0 aromatic carbocycles. The summed E-state index contributed by atoms with van der Waals surface area (Å²) in [5.41, 5.74) is 0. The van der Waals surface area contributed by atoms with Gasteiger partial charge in [-0.05, 0) is 12.7 Å².